The Hall–Kier alpha value is -0.230. The van der Waals surface area contributed by atoms with Gasteiger partial charge in [-0.25, -0.2) is 0 Å². The highest BCUT2D eigenvalue weighted by molar-refractivity contribution is 6.30. The minimum absolute atomic E-state index is 0.902. The molecule has 0 heterocycles. The molecule has 0 radical (unpaired) electrons. The predicted octanol–water partition coefficient (Wildman–Crippen LogP) is 4.12. The second-order valence-corrected chi connectivity index (χ2v) is 2.10. The van der Waals surface area contributed by atoms with Crippen LogP contribution in [0.3, 0.4) is 0 Å². The fraction of sp³-hybridized carbons (Fsp3) is 0.556. The molecule has 10 heavy (non-hydrogen) atoms. The molecule has 0 bridgehead atoms. The highest BCUT2D eigenvalue weighted by atomic mass is 35.5. The topological polar surface area (TPSA) is 0 Å². The van der Waals surface area contributed by atoms with Crippen molar-refractivity contribution in [2.24, 2.45) is 0 Å². The number of hydrogen-bond acceptors (Lipinski definition) is 0. The van der Waals surface area contributed by atoms with Gasteiger partial charge in [-0.15, -0.1) is 0 Å². The summed E-state index contributed by atoms with van der Waals surface area (Å²) in [7, 11) is 0. The SMILES string of the molecule is C=C/C(C)=C(/Cl)CC.CC. The summed E-state index contributed by atoms with van der Waals surface area (Å²) in [5.74, 6) is 0. The summed E-state index contributed by atoms with van der Waals surface area (Å²) < 4.78 is 0. The molecule has 0 spiro atoms. The first-order valence-corrected chi connectivity index (χ1v) is 4.07. The maximum atomic E-state index is 5.72. The van der Waals surface area contributed by atoms with Gasteiger partial charge in [0.25, 0.3) is 0 Å². The van der Waals surface area contributed by atoms with E-state index in [1.54, 1.807) is 6.08 Å². The third kappa shape index (κ3) is 5.90. The number of rotatable bonds is 2. The van der Waals surface area contributed by atoms with Crippen molar-refractivity contribution in [1.29, 1.82) is 0 Å². The highest BCUT2D eigenvalue weighted by Gasteiger charge is 1.88. The Labute approximate surface area is 69.6 Å². The lowest BCUT2D eigenvalue weighted by molar-refractivity contribution is 1.17. The summed E-state index contributed by atoms with van der Waals surface area (Å²) >= 11 is 5.72. The van der Waals surface area contributed by atoms with Crippen LogP contribution in [0.25, 0.3) is 0 Å². The molecule has 60 valence electrons. The molecule has 0 aromatic carbocycles. The zero-order valence-corrected chi connectivity index (χ0v) is 8.13. The van der Waals surface area contributed by atoms with E-state index in [-0.39, 0.29) is 0 Å². The van der Waals surface area contributed by atoms with Gasteiger partial charge in [0.2, 0.25) is 0 Å². The lowest BCUT2D eigenvalue weighted by atomic mass is 10.2. The first kappa shape index (κ1) is 12.4. The van der Waals surface area contributed by atoms with Crippen LogP contribution in [0, 0.1) is 0 Å². The first-order chi connectivity index (χ1) is 4.72. The molecule has 0 fully saturated rings. The maximum absolute atomic E-state index is 5.72. The third-order valence-electron chi connectivity index (χ3n) is 1.04. The molecule has 0 N–H and O–H groups in total. The smallest absolute Gasteiger partial charge is 0.0207 e. The van der Waals surface area contributed by atoms with E-state index in [0.29, 0.717) is 0 Å². The van der Waals surface area contributed by atoms with Crippen LogP contribution in [-0.2, 0) is 0 Å². The van der Waals surface area contributed by atoms with Crippen molar-refractivity contribution in [3.63, 3.8) is 0 Å². The molecular formula is C9H17Cl. The largest absolute Gasteiger partial charge is 0.0988 e. The molecule has 0 amide bonds. The summed E-state index contributed by atoms with van der Waals surface area (Å²) in [5.41, 5.74) is 1.08. The van der Waals surface area contributed by atoms with Crippen LogP contribution in [0.4, 0.5) is 0 Å². The summed E-state index contributed by atoms with van der Waals surface area (Å²) in [6.45, 7) is 11.6. The predicted molar refractivity (Wildman–Crippen MR) is 50.4 cm³/mol. The Balaban J connectivity index is 0. The molecule has 0 rings (SSSR count). The molecule has 0 nitrogen and oxygen atoms in total. The van der Waals surface area contributed by atoms with Gasteiger partial charge in [0.15, 0.2) is 0 Å². The molecule has 0 aromatic heterocycles. The van der Waals surface area contributed by atoms with Gasteiger partial charge in [-0.2, -0.15) is 0 Å². The minimum Gasteiger partial charge on any atom is -0.0988 e. The van der Waals surface area contributed by atoms with Crippen molar-refractivity contribution in [2.45, 2.75) is 34.1 Å². The fourth-order valence-electron chi connectivity index (χ4n) is 0.390. The summed E-state index contributed by atoms with van der Waals surface area (Å²) in [6.07, 6.45) is 2.67. The Morgan fingerprint density at radius 3 is 2.00 bits per heavy atom. The zero-order valence-electron chi connectivity index (χ0n) is 7.37. The monoisotopic (exact) mass is 160 g/mol. The van der Waals surface area contributed by atoms with Crippen LogP contribution in [0.1, 0.15) is 34.1 Å². The second-order valence-electron chi connectivity index (χ2n) is 1.65. The van der Waals surface area contributed by atoms with Crippen LogP contribution in [0.5, 0.6) is 0 Å². The van der Waals surface area contributed by atoms with Crippen LogP contribution < -0.4 is 0 Å². The van der Waals surface area contributed by atoms with Gasteiger partial charge in [0.1, 0.15) is 0 Å². The van der Waals surface area contributed by atoms with Gasteiger partial charge in [-0.3, -0.25) is 0 Å². The molecule has 0 atom stereocenters. The average Bonchev–Trinajstić information content (AvgIpc) is 2.05. The van der Waals surface area contributed by atoms with Crippen molar-refractivity contribution < 1.29 is 0 Å². The normalized spacial score (nSPS) is 10.9. The van der Waals surface area contributed by atoms with Gasteiger partial charge < -0.3 is 0 Å². The van der Waals surface area contributed by atoms with Crippen LogP contribution in [0.15, 0.2) is 23.3 Å². The quantitative estimate of drug-likeness (QED) is 0.533. The second kappa shape index (κ2) is 8.77. The fourth-order valence-corrected chi connectivity index (χ4v) is 0.467. The molecule has 0 saturated carbocycles. The van der Waals surface area contributed by atoms with Crippen molar-refractivity contribution in [1.82, 2.24) is 0 Å². The number of allylic oxidation sites excluding steroid dienone is 3. The van der Waals surface area contributed by atoms with E-state index < -0.39 is 0 Å². The van der Waals surface area contributed by atoms with E-state index in [0.717, 1.165) is 17.0 Å². The van der Waals surface area contributed by atoms with Crippen LogP contribution >= 0.6 is 11.6 Å². The molecule has 0 aromatic rings. The zero-order chi connectivity index (χ0) is 8.57. The summed E-state index contributed by atoms with van der Waals surface area (Å²) in [6, 6.07) is 0. The van der Waals surface area contributed by atoms with Crippen molar-refractivity contribution in [3.8, 4) is 0 Å². The van der Waals surface area contributed by atoms with Crippen LogP contribution in [0.2, 0.25) is 0 Å². The Bertz CT molecular complexity index is 112. The summed E-state index contributed by atoms with van der Waals surface area (Å²) in [4.78, 5) is 0. The van der Waals surface area contributed by atoms with Gasteiger partial charge in [0, 0.05) is 5.03 Å². The molecular weight excluding hydrogens is 144 g/mol. The number of halogens is 1. The number of hydrogen-bond donors (Lipinski definition) is 0. The standard InChI is InChI=1S/C7H11Cl.C2H6/c1-4-6(3)7(8)5-2;1-2/h4H,1,5H2,2-3H3;1-2H3/b7-6+;. The molecule has 0 aliphatic carbocycles. The van der Waals surface area contributed by atoms with Gasteiger partial charge in [-0.05, 0) is 18.9 Å². The first-order valence-electron chi connectivity index (χ1n) is 3.70. The van der Waals surface area contributed by atoms with E-state index in [1.165, 1.54) is 0 Å². The van der Waals surface area contributed by atoms with E-state index in [1.807, 2.05) is 27.7 Å². The lowest BCUT2D eigenvalue weighted by Gasteiger charge is -1.93. The van der Waals surface area contributed by atoms with Gasteiger partial charge in [-0.1, -0.05) is 45.0 Å². The van der Waals surface area contributed by atoms with Crippen molar-refractivity contribution in [3.05, 3.63) is 23.3 Å². The average molecular weight is 161 g/mol. The Kier molecular flexibility index (Phi) is 10.9. The molecule has 0 aliphatic rings. The Morgan fingerprint density at radius 2 is 1.90 bits per heavy atom. The van der Waals surface area contributed by atoms with Gasteiger partial charge >= 0.3 is 0 Å². The van der Waals surface area contributed by atoms with E-state index in [4.69, 9.17) is 11.6 Å². The minimum atomic E-state index is 0.902. The molecule has 1 heteroatoms. The third-order valence-corrected chi connectivity index (χ3v) is 1.61. The Morgan fingerprint density at radius 1 is 1.50 bits per heavy atom. The summed E-state index contributed by atoms with van der Waals surface area (Å²) in [5, 5.41) is 0.903. The van der Waals surface area contributed by atoms with E-state index in [9.17, 15) is 0 Å². The highest BCUT2D eigenvalue weighted by Crippen LogP contribution is 2.12. The molecule has 0 aliphatic heterocycles. The van der Waals surface area contributed by atoms with E-state index in [2.05, 4.69) is 6.58 Å². The van der Waals surface area contributed by atoms with Crippen molar-refractivity contribution >= 4 is 11.6 Å². The van der Waals surface area contributed by atoms with Gasteiger partial charge in [0.05, 0.1) is 0 Å². The van der Waals surface area contributed by atoms with Crippen LogP contribution in [-0.4, -0.2) is 0 Å². The maximum Gasteiger partial charge on any atom is 0.0207 e. The van der Waals surface area contributed by atoms with Crippen molar-refractivity contribution in [2.75, 3.05) is 0 Å². The molecule has 0 saturated heterocycles. The molecule has 0 unspecified atom stereocenters. The lowest BCUT2D eigenvalue weighted by Crippen LogP contribution is -1.72. The van der Waals surface area contributed by atoms with E-state index >= 15 is 0 Å².